The van der Waals surface area contributed by atoms with E-state index in [-0.39, 0.29) is 12.4 Å². The molecule has 1 saturated heterocycles. The second kappa shape index (κ2) is 7.64. The Kier molecular flexibility index (Phi) is 5.85. The molecule has 1 aliphatic heterocycles. The molecule has 1 unspecified atom stereocenters. The third-order valence-corrected chi connectivity index (χ3v) is 4.41. The van der Waals surface area contributed by atoms with Crippen LogP contribution in [0.4, 0.5) is 10.8 Å². The van der Waals surface area contributed by atoms with Crippen molar-refractivity contribution in [3.05, 3.63) is 41.4 Å². The number of nitrogens with two attached hydrogens (primary N) is 1. The maximum absolute atomic E-state index is 5.69. The van der Waals surface area contributed by atoms with Crippen molar-refractivity contribution in [2.24, 2.45) is 0 Å². The zero-order chi connectivity index (χ0) is 13.8. The van der Waals surface area contributed by atoms with Crippen molar-refractivity contribution in [2.75, 3.05) is 24.1 Å². The minimum Gasteiger partial charge on any atom is -0.381 e. The zero-order valence-corrected chi connectivity index (χ0v) is 13.5. The van der Waals surface area contributed by atoms with Crippen molar-refractivity contribution in [2.45, 2.75) is 25.4 Å². The molecule has 1 atom stereocenters. The highest BCUT2D eigenvalue weighted by molar-refractivity contribution is 7.15. The van der Waals surface area contributed by atoms with Gasteiger partial charge in [0.1, 0.15) is 0 Å². The summed E-state index contributed by atoms with van der Waals surface area (Å²) >= 11 is 1.59. The molecule has 2 aromatic rings. The summed E-state index contributed by atoms with van der Waals surface area (Å²) in [7, 11) is 0. The summed E-state index contributed by atoms with van der Waals surface area (Å²) < 4.78 is 0. The van der Waals surface area contributed by atoms with Crippen LogP contribution in [0.2, 0.25) is 0 Å². The van der Waals surface area contributed by atoms with Gasteiger partial charge in [0.05, 0.1) is 0 Å². The lowest BCUT2D eigenvalue weighted by Crippen LogP contribution is -2.41. The van der Waals surface area contributed by atoms with Gasteiger partial charge in [0.2, 0.25) is 0 Å². The van der Waals surface area contributed by atoms with Crippen LogP contribution in [0.3, 0.4) is 0 Å². The van der Waals surface area contributed by atoms with Crippen LogP contribution in [0.1, 0.15) is 17.7 Å². The van der Waals surface area contributed by atoms with Gasteiger partial charge in [0.25, 0.3) is 0 Å². The number of halogens is 1. The predicted octanol–water partition coefficient (Wildman–Crippen LogP) is 3.22. The Labute approximate surface area is 135 Å². The standard InChI is InChI=1S/C15H20N4S.ClH/c16-15-17-9-14(20-15)11-19-8-4-7-13(10-19)18-12-5-2-1-3-6-12;/h1-3,5-6,9,13,18H,4,7-8,10-11H2,(H2,16,17);1H. The van der Waals surface area contributed by atoms with E-state index in [1.807, 2.05) is 12.3 Å². The minimum atomic E-state index is 0. The molecule has 1 aromatic heterocycles. The maximum atomic E-state index is 5.69. The number of hydrogen-bond acceptors (Lipinski definition) is 5. The average molecular weight is 325 g/mol. The number of likely N-dealkylation sites (tertiary alicyclic amines) is 1. The first kappa shape index (κ1) is 16.1. The summed E-state index contributed by atoms with van der Waals surface area (Å²) in [5.74, 6) is 0. The van der Waals surface area contributed by atoms with Crippen molar-refractivity contribution in [3.8, 4) is 0 Å². The van der Waals surface area contributed by atoms with Crippen molar-refractivity contribution in [3.63, 3.8) is 0 Å². The summed E-state index contributed by atoms with van der Waals surface area (Å²) in [4.78, 5) is 7.86. The van der Waals surface area contributed by atoms with E-state index >= 15 is 0 Å². The van der Waals surface area contributed by atoms with Crippen LogP contribution in [0.15, 0.2) is 36.5 Å². The third-order valence-electron chi connectivity index (χ3n) is 3.60. The lowest BCUT2D eigenvalue weighted by Gasteiger charge is -2.33. The van der Waals surface area contributed by atoms with E-state index in [9.17, 15) is 0 Å². The number of para-hydroxylation sites is 1. The molecule has 0 spiro atoms. The molecule has 3 N–H and O–H groups in total. The number of thiazole rings is 1. The lowest BCUT2D eigenvalue weighted by molar-refractivity contribution is 0.210. The van der Waals surface area contributed by atoms with E-state index in [4.69, 9.17) is 5.73 Å². The van der Waals surface area contributed by atoms with Gasteiger partial charge in [-0.3, -0.25) is 4.90 Å². The van der Waals surface area contributed by atoms with E-state index in [0.717, 1.165) is 19.6 Å². The Hall–Kier alpha value is -1.30. The van der Waals surface area contributed by atoms with Gasteiger partial charge in [0, 0.05) is 35.9 Å². The summed E-state index contributed by atoms with van der Waals surface area (Å²) in [5, 5.41) is 4.29. The van der Waals surface area contributed by atoms with Gasteiger partial charge >= 0.3 is 0 Å². The number of anilines is 2. The maximum Gasteiger partial charge on any atom is 0.180 e. The SMILES string of the molecule is Cl.Nc1ncc(CN2CCCC(Nc3ccccc3)C2)s1. The van der Waals surface area contributed by atoms with E-state index in [1.165, 1.54) is 23.4 Å². The number of benzene rings is 1. The molecule has 1 fully saturated rings. The van der Waals surface area contributed by atoms with E-state index < -0.39 is 0 Å². The van der Waals surface area contributed by atoms with Crippen LogP contribution in [0.5, 0.6) is 0 Å². The number of hydrogen-bond donors (Lipinski definition) is 2. The average Bonchev–Trinajstić information content (AvgIpc) is 2.86. The Bertz CT molecular complexity index is 546. The van der Waals surface area contributed by atoms with Crippen LogP contribution in [-0.2, 0) is 6.54 Å². The normalized spacial score (nSPS) is 19.0. The van der Waals surface area contributed by atoms with Crippen molar-refractivity contribution >= 4 is 34.6 Å². The number of rotatable bonds is 4. The van der Waals surface area contributed by atoms with Crippen LogP contribution in [0.25, 0.3) is 0 Å². The first-order chi connectivity index (χ1) is 9.79. The molecule has 3 rings (SSSR count). The monoisotopic (exact) mass is 324 g/mol. The number of piperidine rings is 1. The third kappa shape index (κ3) is 4.59. The molecular formula is C15H21ClN4S. The number of aromatic nitrogens is 1. The molecule has 1 aliphatic rings. The van der Waals surface area contributed by atoms with Crippen molar-refractivity contribution < 1.29 is 0 Å². The van der Waals surface area contributed by atoms with Gasteiger partial charge < -0.3 is 11.1 Å². The molecule has 0 radical (unpaired) electrons. The van der Waals surface area contributed by atoms with Crippen molar-refractivity contribution in [1.82, 2.24) is 9.88 Å². The van der Waals surface area contributed by atoms with Gasteiger partial charge in [0.15, 0.2) is 5.13 Å². The second-order valence-electron chi connectivity index (χ2n) is 5.25. The highest BCUT2D eigenvalue weighted by Crippen LogP contribution is 2.21. The first-order valence-corrected chi connectivity index (χ1v) is 7.85. The molecular weight excluding hydrogens is 304 g/mol. The molecule has 0 aliphatic carbocycles. The summed E-state index contributed by atoms with van der Waals surface area (Å²) in [6.07, 6.45) is 4.36. The zero-order valence-electron chi connectivity index (χ0n) is 11.9. The smallest absolute Gasteiger partial charge is 0.180 e. The number of nitrogens with one attached hydrogen (secondary N) is 1. The van der Waals surface area contributed by atoms with E-state index in [0.29, 0.717) is 11.2 Å². The Morgan fingerprint density at radius 2 is 2.14 bits per heavy atom. The fraction of sp³-hybridized carbons (Fsp3) is 0.400. The van der Waals surface area contributed by atoms with E-state index in [1.54, 1.807) is 11.3 Å². The molecule has 4 nitrogen and oxygen atoms in total. The molecule has 0 bridgehead atoms. The van der Waals surface area contributed by atoms with Gasteiger partial charge in [-0.15, -0.1) is 23.7 Å². The lowest BCUT2D eigenvalue weighted by atomic mass is 10.1. The van der Waals surface area contributed by atoms with Crippen LogP contribution in [-0.4, -0.2) is 29.0 Å². The van der Waals surface area contributed by atoms with Gasteiger partial charge in [-0.1, -0.05) is 18.2 Å². The molecule has 0 amide bonds. The first-order valence-electron chi connectivity index (χ1n) is 7.04. The Balaban J connectivity index is 0.00000161. The number of nitrogens with zero attached hydrogens (tertiary/aromatic N) is 2. The van der Waals surface area contributed by atoms with Gasteiger partial charge in [-0.25, -0.2) is 4.98 Å². The minimum absolute atomic E-state index is 0. The molecule has 114 valence electrons. The molecule has 21 heavy (non-hydrogen) atoms. The van der Waals surface area contributed by atoms with Crippen molar-refractivity contribution in [1.29, 1.82) is 0 Å². The summed E-state index contributed by atoms with van der Waals surface area (Å²) in [6.45, 7) is 3.19. The number of nitrogen functional groups attached to an aromatic ring is 1. The fourth-order valence-corrected chi connectivity index (χ4v) is 3.43. The molecule has 2 heterocycles. The Morgan fingerprint density at radius 3 is 2.86 bits per heavy atom. The largest absolute Gasteiger partial charge is 0.381 e. The molecule has 1 aromatic carbocycles. The topological polar surface area (TPSA) is 54.2 Å². The van der Waals surface area contributed by atoms with Gasteiger partial charge in [-0.2, -0.15) is 0 Å². The van der Waals surface area contributed by atoms with Gasteiger partial charge in [-0.05, 0) is 31.5 Å². The summed E-state index contributed by atoms with van der Waals surface area (Å²) in [6, 6.07) is 11.0. The van der Waals surface area contributed by atoms with Crippen LogP contribution < -0.4 is 11.1 Å². The van der Waals surface area contributed by atoms with Crippen LogP contribution >= 0.6 is 23.7 Å². The fourth-order valence-electron chi connectivity index (χ4n) is 2.70. The highest BCUT2D eigenvalue weighted by Gasteiger charge is 2.20. The second-order valence-corrected chi connectivity index (χ2v) is 6.40. The molecule has 0 saturated carbocycles. The predicted molar refractivity (Wildman–Crippen MR) is 92.1 cm³/mol. The summed E-state index contributed by atoms with van der Waals surface area (Å²) in [5.41, 5.74) is 6.90. The Morgan fingerprint density at radius 1 is 1.33 bits per heavy atom. The highest BCUT2D eigenvalue weighted by atomic mass is 35.5. The quantitative estimate of drug-likeness (QED) is 0.906. The van der Waals surface area contributed by atoms with E-state index in [2.05, 4.69) is 39.5 Å². The van der Waals surface area contributed by atoms with Crippen LogP contribution in [0, 0.1) is 0 Å². The molecule has 6 heteroatoms.